The number of hydrogen-bond acceptors (Lipinski definition) is 5. The van der Waals surface area contributed by atoms with Crippen molar-refractivity contribution >= 4 is 17.9 Å². The highest BCUT2D eigenvalue weighted by molar-refractivity contribution is 6.02. The Bertz CT molecular complexity index is 1650. The van der Waals surface area contributed by atoms with Gasteiger partial charge in [-0.1, -0.05) is 60.7 Å². The molecule has 0 radical (unpaired) electrons. The van der Waals surface area contributed by atoms with Crippen LogP contribution in [0.5, 0.6) is 17.2 Å². The third-order valence-corrected chi connectivity index (χ3v) is 7.89. The number of carbonyl (C=O) groups excluding carboxylic acids is 1. The summed E-state index contributed by atoms with van der Waals surface area (Å²) in [7, 11) is 4.69. The number of rotatable bonds is 6. The first-order valence-electron chi connectivity index (χ1n) is 13.2. The zero-order valence-electron chi connectivity index (χ0n) is 22.4. The molecule has 3 aromatic rings. The zero-order valence-corrected chi connectivity index (χ0v) is 22.4. The third kappa shape index (κ3) is 4.34. The van der Waals surface area contributed by atoms with Crippen molar-refractivity contribution in [3.05, 3.63) is 112 Å². The molecule has 6 rings (SSSR count). The Hall–Kier alpha value is -4.51. The van der Waals surface area contributed by atoms with Crippen LogP contribution >= 0.6 is 0 Å². The van der Waals surface area contributed by atoms with E-state index in [9.17, 15) is 4.79 Å². The highest BCUT2D eigenvalue weighted by atomic mass is 16.5. The number of carbonyl (C=O) groups is 1. The lowest BCUT2D eigenvalue weighted by molar-refractivity contribution is 0.0943. The summed E-state index contributed by atoms with van der Waals surface area (Å²) in [4.78, 5) is 14.1. The topological polar surface area (TPSA) is 56.8 Å². The molecule has 0 saturated carbocycles. The third-order valence-electron chi connectivity index (χ3n) is 7.89. The standard InChI is InChI=1S/C34H31NO4/c1-37-31-19-23(20-32(38-2)34(31)39-3)33(36)22-17-28-26-13-12-21-9-6-7-10-24(21)25(26)14-15-27(28)29(18-22)30-11-5-4-8-16-35-30/h4-11,13-17,19-20,22,29,35H,12,18H2,1-3H3. The Morgan fingerprint density at radius 2 is 1.67 bits per heavy atom. The lowest BCUT2D eigenvalue weighted by atomic mass is 9.75. The minimum Gasteiger partial charge on any atom is -0.493 e. The van der Waals surface area contributed by atoms with Crippen molar-refractivity contribution in [1.82, 2.24) is 5.32 Å². The van der Waals surface area contributed by atoms with Crippen LogP contribution in [-0.2, 0) is 6.42 Å². The van der Waals surface area contributed by atoms with Crippen molar-refractivity contribution in [1.29, 1.82) is 0 Å². The molecule has 196 valence electrons. The van der Waals surface area contributed by atoms with E-state index in [1.807, 2.05) is 24.4 Å². The number of nitrogens with one attached hydrogen (secondary N) is 1. The van der Waals surface area contributed by atoms with Gasteiger partial charge in [-0.25, -0.2) is 0 Å². The largest absolute Gasteiger partial charge is 0.493 e. The van der Waals surface area contributed by atoms with Crippen molar-refractivity contribution in [3.63, 3.8) is 0 Å². The zero-order chi connectivity index (χ0) is 26.9. The number of hydrogen-bond donors (Lipinski definition) is 1. The Balaban J connectivity index is 1.52. The van der Waals surface area contributed by atoms with E-state index in [1.165, 1.54) is 27.5 Å². The molecule has 1 aliphatic heterocycles. The van der Waals surface area contributed by atoms with Crippen LogP contribution in [0.15, 0.2) is 84.7 Å². The van der Waals surface area contributed by atoms with Crippen LogP contribution in [0.2, 0.25) is 0 Å². The molecule has 3 aromatic carbocycles. The molecule has 2 unspecified atom stereocenters. The molecule has 2 aliphatic carbocycles. The minimum absolute atomic E-state index is 0.0269. The van der Waals surface area contributed by atoms with Gasteiger partial charge < -0.3 is 19.5 Å². The molecule has 0 bridgehead atoms. The normalized spacial score (nSPS) is 18.6. The summed E-state index contributed by atoms with van der Waals surface area (Å²) in [6, 6.07) is 16.6. The van der Waals surface area contributed by atoms with Crippen LogP contribution in [0, 0.1) is 5.92 Å². The summed E-state index contributed by atoms with van der Waals surface area (Å²) in [6.45, 7) is 0. The molecule has 0 fully saturated rings. The first-order chi connectivity index (χ1) is 19.1. The average molecular weight is 518 g/mol. The SMILES string of the molecule is COc1cc(C(=O)C2C=c3c(ccc4c3=CCc3ccccc3-4)C(C3=CC=CC=CN3)C2)cc(OC)c1OC. The Morgan fingerprint density at radius 3 is 2.44 bits per heavy atom. The fourth-order valence-corrected chi connectivity index (χ4v) is 6.02. The molecule has 39 heavy (non-hydrogen) atoms. The first kappa shape index (κ1) is 24.8. The van der Waals surface area contributed by atoms with E-state index in [0.29, 0.717) is 29.2 Å². The summed E-state index contributed by atoms with van der Waals surface area (Å²) in [5.74, 6) is 1.14. The Morgan fingerprint density at radius 1 is 0.872 bits per heavy atom. The average Bonchev–Trinajstić information content (AvgIpc) is 3.28. The minimum atomic E-state index is -0.332. The van der Waals surface area contributed by atoms with Gasteiger partial charge in [0.1, 0.15) is 0 Å². The van der Waals surface area contributed by atoms with E-state index in [0.717, 1.165) is 17.3 Å². The fraction of sp³-hybridized carbons (Fsp3) is 0.206. The van der Waals surface area contributed by atoms with Crippen LogP contribution in [0.1, 0.15) is 33.8 Å². The molecule has 5 nitrogen and oxygen atoms in total. The van der Waals surface area contributed by atoms with Crippen molar-refractivity contribution in [3.8, 4) is 28.4 Å². The van der Waals surface area contributed by atoms with Crippen molar-refractivity contribution in [2.75, 3.05) is 21.3 Å². The molecular formula is C34H31NO4. The van der Waals surface area contributed by atoms with Gasteiger partial charge in [0.25, 0.3) is 0 Å². The van der Waals surface area contributed by atoms with Gasteiger partial charge in [0.15, 0.2) is 17.3 Å². The maximum absolute atomic E-state index is 14.1. The molecule has 1 N–H and O–H groups in total. The van der Waals surface area contributed by atoms with Crippen LogP contribution < -0.4 is 30.0 Å². The molecule has 0 spiro atoms. The van der Waals surface area contributed by atoms with Gasteiger partial charge in [-0.05, 0) is 69.8 Å². The number of benzene rings is 3. The van der Waals surface area contributed by atoms with Crippen LogP contribution in [0.4, 0.5) is 0 Å². The Labute approximate surface area is 228 Å². The quantitative estimate of drug-likeness (QED) is 0.465. The van der Waals surface area contributed by atoms with E-state index in [1.54, 1.807) is 33.5 Å². The summed E-state index contributed by atoms with van der Waals surface area (Å²) in [5.41, 5.74) is 6.65. The number of fused-ring (bicyclic) bond motifs is 5. The van der Waals surface area contributed by atoms with Crippen LogP contribution in [0.3, 0.4) is 0 Å². The maximum atomic E-state index is 14.1. The number of Topliss-reactive ketones (excluding diaryl/α,β-unsaturated/α-hetero) is 1. The second-order valence-corrected chi connectivity index (χ2v) is 9.95. The second-order valence-electron chi connectivity index (χ2n) is 9.95. The summed E-state index contributed by atoms with van der Waals surface area (Å²) in [6.07, 6.45) is 16.1. The molecule has 0 saturated heterocycles. The summed E-state index contributed by atoms with van der Waals surface area (Å²) >= 11 is 0. The highest BCUT2D eigenvalue weighted by Crippen LogP contribution is 2.40. The number of ketones is 1. The number of methoxy groups -OCH3 is 3. The van der Waals surface area contributed by atoms with E-state index < -0.39 is 0 Å². The Kier molecular flexibility index (Phi) is 6.57. The fourth-order valence-electron chi connectivity index (χ4n) is 6.02. The van der Waals surface area contributed by atoms with Crippen LogP contribution in [0.25, 0.3) is 23.3 Å². The molecule has 3 aliphatic rings. The lowest BCUT2D eigenvalue weighted by Gasteiger charge is -2.30. The maximum Gasteiger partial charge on any atom is 0.203 e. The molecule has 0 aromatic heterocycles. The molecule has 0 amide bonds. The summed E-state index contributed by atoms with van der Waals surface area (Å²) < 4.78 is 16.6. The van der Waals surface area contributed by atoms with Gasteiger partial charge in [-0.3, -0.25) is 4.79 Å². The van der Waals surface area contributed by atoms with E-state index in [4.69, 9.17) is 14.2 Å². The molecule has 2 atom stereocenters. The van der Waals surface area contributed by atoms with E-state index in [2.05, 4.69) is 59.9 Å². The van der Waals surface area contributed by atoms with Gasteiger partial charge in [0, 0.05) is 29.3 Å². The molecule has 1 heterocycles. The van der Waals surface area contributed by atoms with Crippen molar-refractivity contribution < 1.29 is 19.0 Å². The van der Waals surface area contributed by atoms with Gasteiger partial charge in [-0.15, -0.1) is 0 Å². The molecule has 5 heteroatoms. The lowest BCUT2D eigenvalue weighted by Crippen LogP contribution is -2.39. The van der Waals surface area contributed by atoms with Gasteiger partial charge >= 0.3 is 0 Å². The highest BCUT2D eigenvalue weighted by Gasteiger charge is 2.32. The molecular weight excluding hydrogens is 486 g/mol. The second kappa shape index (κ2) is 10.3. The smallest absolute Gasteiger partial charge is 0.203 e. The monoisotopic (exact) mass is 517 g/mol. The van der Waals surface area contributed by atoms with Crippen LogP contribution in [-0.4, -0.2) is 27.1 Å². The van der Waals surface area contributed by atoms with Crippen molar-refractivity contribution in [2.24, 2.45) is 5.92 Å². The van der Waals surface area contributed by atoms with Gasteiger partial charge in [0.2, 0.25) is 5.75 Å². The number of ether oxygens (including phenoxy) is 3. The first-order valence-corrected chi connectivity index (χ1v) is 13.2. The van der Waals surface area contributed by atoms with E-state index in [-0.39, 0.29) is 17.6 Å². The van der Waals surface area contributed by atoms with E-state index >= 15 is 0 Å². The predicted molar refractivity (Wildman–Crippen MR) is 155 cm³/mol. The summed E-state index contributed by atoms with van der Waals surface area (Å²) in [5, 5.41) is 5.81. The van der Waals surface area contributed by atoms with Gasteiger partial charge in [-0.2, -0.15) is 0 Å². The van der Waals surface area contributed by atoms with Gasteiger partial charge in [0.05, 0.1) is 21.3 Å². The predicted octanol–water partition coefficient (Wildman–Crippen LogP) is 5.04. The number of allylic oxidation sites excluding steroid dienone is 5. The van der Waals surface area contributed by atoms with Crippen molar-refractivity contribution in [2.45, 2.75) is 18.8 Å².